The molecule has 0 unspecified atom stereocenters. The Bertz CT molecular complexity index is 265. The number of rotatable bonds is 4. The maximum Gasteiger partial charge on any atom is 0.0795 e. The Labute approximate surface area is 95.5 Å². The summed E-state index contributed by atoms with van der Waals surface area (Å²) >= 11 is 1.69. The van der Waals surface area contributed by atoms with Gasteiger partial charge in [0.15, 0.2) is 0 Å². The Kier molecular flexibility index (Phi) is 4.11. The predicted octanol–water partition coefficient (Wildman–Crippen LogP) is 1.57. The molecule has 1 aromatic rings. The summed E-state index contributed by atoms with van der Waals surface area (Å²) in [5.41, 5.74) is 3.15. The van der Waals surface area contributed by atoms with Crippen molar-refractivity contribution >= 4 is 11.3 Å². The SMILES string of the molecule is CNCC1CCN(Cc2cscn2)CC1. The van der Waals surface area contributed by atoms with Crippen LogP contribution < -0.4 is 5.32 Å². The molecule has 0 aromatic carbocycles. The summed E-state index contributed by atoms with van der Waals surface area (Å²) < 4.78 is 0. The molecule has 2 heterocycles. The molecular weight excluding hydrogens is 206 g/mol. The molecule has 0 bridgehead atoms. The number of thiazole rings is 1. The largest absolute Gasteiger partial charge is 0.319 e. The smallest absolute Gasteiger partial charge is 0.0795 e. The third-order valence-corrected chi connectivity index (χ3v) is 3.70. The first kappa shape index (κ1) is 11.0. The number of nitrogens with one attached hydrogen (secondary N) is 1. The van der Waals surface area contributed by atoms with Crippen LogP contribution in [0.4, 0.5) is 0 Å². The van der Waals surface area contributed by atoms with Crippen LogP contribution in [0.15, 0.2) is 10.9 Å². The quantitative estimate of drug-likeness (QED) is 0.843. The first-order valence-corrected chi connectivity index (χ1v) is 6.57. The summed E-state index contributed by atoms with van der Waals surface area (Å²) in [6, 6.07) is 0. The minimum absolute atomic E-state index is 0.877. The average molecular weight is 225 g/mol. The third-order valence-electron chi connectivity index (χ3n) is 3.07. The molecule has 1 aromatic heterocycles. The van der Waals surface area contributed by atoms with Crippen LogP contribution in [0.1, 0.15) is 18.5 Å². The fourth-order valence-electron chi connectivity index (χ4n) is 2.18. The molecule has 1 aliphatic rings. The molecule has 0 spiro atoms. The lowest BCUT2D eigenvalue weighted by atomic mass is 9.97. The highest BCUT2D eigenvalue weighted by Gasteiger charge is 2.18. The van der Waals surface area contributed by atoms with Gasteiger partial charge in [0.05, 0.1) is 11.2 Å². The second kappa shape index (κ2) is 5.58. The lowest BCUT2D eigenvalue weighted by Gasteiger charge is -2.31. The second-order valence-electron chi connectivity index (χ2n) is 4.26. The van der Waals surface area contributed by atoms with E-state index in [1.807, 2.05) is 12.6 Å². The topological polar surface area (TPSA) is 28.2 Å². The van der Waals surface area contributed by atoms with E-state index < -0.39 is 0 Å². The molecule has 2 rings (SSSR count). The zero-order chi connectivity index (χ0) is 10.5. The highest BCUT2D eigenvalue weighted by molar-refractivity contribution is 7.07. The van der Waals surface area contributed by atoms with Gasteiger partial charge in [0, 0.05) is 11.9 Å². The summed E-state index contributed by atoms with van der Waals surface area (Å²) in [7, 11) is 2.04. The molecule has 0 atom stereocenters. The normalized spacial score (nSPS) is 19.5. The van der Waals surface area contributed by atoms with Gasteiger partial charge in [-0.15, -0.1) is 11.3 Å². The minimum atomic E-state index is 0.877. The molecular formula is C11H19N3S. The number of hydrogen-bond donors (Lipinski definition) is 1. The summed E-state index contributed by atoms with van der Waals surface area (Å²) in [4.78, 5) is 6.85. The van der Waals surface area contributed by atoms with Gasteiger partial charge in [-0.05, 0) is 45.4 Å². The zero-order valence-corrected chi connectivity index (χ0v) is 10.1. The van der Waals surface area contributed by atoms with Crippen molar-refractivity contribution in [1.29, 1.82) is 0 Å². The van der Waals surface area contributed by atoms with E-state index >= 15 is 0 Å². The molecule has 0 saturated carbocycles. The summed E-state index contributed by atoms with van der Waals surface area (Å²) in [6.07, 6.45) is 2.65. The Morgan fingerprint density at radius 1 is 1.53 bits per heavy atom. The first-order chi connectivity index (χ1) is 7.38. The summed E-state index contributed by atoms with van der Waals surface area (Å²) in [6.45, 7) is 4.66. The Morgan fingerprint density at radius 2 is 2.33 bits per heavy atom. The van der Waals surface area contributed by atoms with Crippen molar-refractivity contribution in [3.05, 3.63) is 16.6 Å². The second-order valence-corrected chi connectivity index (χ2v) is 4.98. The van der Waals surface area contributed by atoms with Crippen LogP contribution in [-0.2, 0) is 6.54 Å². The highest BCUT2D eigenvalue weighted by Crippen LogP contribution is 2.18. The number of nitrogens with zero attached hydrogens (tertiary/aromatic N) is 2. The number of piperidine rings is 1. The van der Waals surface area contributed by atoms with Crippen molar-refractivity contribution in [2.45, 2.75) is 19.4 Å². The predicted molar refractivity (Wildman–Crippen MR) is 64.0 cm³/mol. The molecule has 4 heteroatoms. The number of aromatic nitrogens is 1. The molecule has 0 radical (unpaired) electrons. The van der Waals surface area contributed by atoms with Crippen molar-refractivity contribution in [2.75, 3.05) is 26.7 Å². The minimum Gasteiger partial charge on any atom is -0.319 e. The van der Waals surface area contributed by atoms with Crippen LogP contribution >= 0.6 is 11.3 Å². The third kappa shape index (κ3) is 3.26. The number of likely N-dealkylation sites (tertiary alicyclic amines) is 1. The van der Waals surface area contributed by atoms with Gasteiger partial charge in [0.2, 0.25) is 0 Å². The molecule has 0 aliphatic carbocycles. The zero-order valence-electron chi connectivity index (χ0n) is 9.28. The van der Waals surface area contributed by atoms with Gasteiger partial charge in [0.25, 0.3) is 0 Å². The van der Waals surface area contributed by atoms with Crippen molar-refractivity contribution in [3.63, 3.8) is 0 Å². The van der Waals surface area contributed by atoms with E-state index in [1.165, 1.54) is 38.2 Å². The summed E-state index contributed by atoms with van der Waals surface area (Å²) in [5, 5.41) is 5.42. The van der Waals surface area contributed by atoms with E-state index in [4.69, 9.17) is 0 Å². The van der Waals surface area contributed by atoms with Gasteiger partial charge in [0.1, 0.15) is 0 Å². The van der Waals surface area contributed by atoms with Gasteiger partial charge >= 0.3 is 0 Å². The Morgan fingerprint density at radius 3 is 2.93 bits per heavy atom. The highest BCUT2D eigenvalue weighted by atomic mass is 32.1. The van der Waals surface area contributed by atoms with Crippen LogP contribution in [-0.4, -0.2) is 36.6 Å². The fraction of sp³-hybridized carbons (Fsp3) is 0.727. The molecule has 3 nitrogen and oxygen atoms in total. The Hall–Kier alpha value is -0.450. The molecule has 84 valence electrons. The van der Waals surface area contributed by atoms with Crippen molar-refractivity contribution in [1.82, 2.24) is 15.2 Å². The van der Waals surface area contributed by atoms with Crippen LogP contribution in [0.25, 0.3) is 0 Å². The van der Waals surface area contributed by atoms with Crippen LogP contribution in [0.5, 0.6) is 0 Å². The monoisotopic (exact) mass is 225 g/mol. The van der Waals surface area contributed by atoms with Gasteiger partial charge in [-0.2, -0.15) is 0 Å². The summed E-state index contributed by atoms with van der Waals surface area (Å²) in [5.74, 6) is 0.877. The average Bonchev–Trinajstić information content (AvgIpc) is 2.74. The fourth-order valence-corrected chi connectivity index (χ4v) is 2.73. The van der Waals surface area contributed by atoms with Gasteiger partial charge in [-0.3, -0.25) is 4.90 Å². The van der Waals surface area contributed by atoms with Crippen molar-refractivity contribution in [3.8, 4) is 0 Å². The van der Waals surface area contributed by atoms with Crippen LogP contribution in [0, 0.1) is 5.92 Å². The van der Waals surface area contributed by atoms with E-state index in [0.717, 1.165) is 12.5 Å². The maximum atomic E-state index is 4.33. The van der Waals surface area contributed by atoms with Crippen LogP contribution in [0.2, 0.25) is 0 Å². The van der Waals surface area contributed by atoms with Crippen molar-refractivity contribution in [2.24, 2.45) is 5.92 Å². The maximum absolute atomic E-state index is 4.33. The van der Waals surface area contributed by atoms with E-state index in [0.29, 0.717) is 0 Å². The molecule has 1 aliphatic heterocycles. The molecule has 15 heavy (non-hydrogen) atoms. The van der Waals surface area contributed by atoms with E-state index in [2.05, 4.69) is 20.6 Å². The van der Waals surface area contributed by atoms with E-state index in [-0.39, 0.29) is 0 Å². The van der Waals surface area contributed by atoms with E-state index in [9.17, 15) is 0 Å². The van der Waals surface area contributed by atoms with Crippen LogP contribution in [0.3, 0.4) is 0 Å². The standard InChI is InChI=1S/C11H19N3S/c1-12-6-10-2-4-14(5-3-10)7-11-8-15-9-13-11/h8-10,12H,2-7H2,1H3. The van der Waals surface area contributed by atoms with Gasteiger partial charge in [-0.25, -0.2) is 4.98 Å². The van der Waals surface area contributed by atoms with Crippen molar-refractivity contribution < 1.29 is 0 Å². The number of hydrogen-bond acceptors (Lipinski definition) is 4. The molecule has 0 amide bonds. The molecule has 1 N–H and O–H groups in total. The van der Waals surface area contributed by atoms with Gasteiger partial charge in [-0.1, -0.05) is 0 Å². The lowest BCUT2D eigenvalue weighted by molar-refractivity contribution is 0.175. The first-order valence-electron chi connectivity index (χ1n) is 5.62. The molecule has 1 saturated heterocycles. The van der Waals surface area contributed by atoms with E-state index in [1.54, 1.807) is 11.3 Å². The van der Waals surface area contributed by atoms with Gasteiger partial charge < -0.3 is 5.32 Å². The molecule has 1 fully saturated rings. The lowest BCUT2D eigenvalue weighted by Crippen LogP contribution is -2.36. The Balaban J connectivity index is 1.74.